The minimum absolute atomic E-state index is 0.301. The Bertz CT molecular complexity index is 491. The van der Waals surface area contributed by atoms with Crippen LogP contribution in [-0.2, 0) is 4.79 Å². The number of hydrogen-bond donors (Lipinski definition) is 2. The molecule has 2 atom stereocenters. The van der Waals surface area contributed by atoms with Crippen molar-refractivity contribution in [2.75, 3.05) is 0 Å². The lowest BCUT2D eigenvalue weighted by Gasteiger charge is -2.20. The first-order valence-electron chi connectivity index (χ1n) is 5.85. The molecular formula is C13H15F2NO3. The van der Waals surface area contributed by atoms with Crippen LogP contribution in [0.15, 0.2) is 18.2 Å². The number of hydrogen-bond acceptors (Lipinski definition) is 2. The number of carboxylic acid groups (broad SMARTS) is 1. The molecule has 6 heteroatoms. The average Bonchev–Trinajstić information content (AvgIpc) is 2.34. The second-order valence-electron chi connectivity index (χ2n) is 4.30. The quantitative estimate of drug-likeness (QED) is 0.862. The molecule has 4 nitrogen and oxygen atoms in total. The molecule has 0 saturated carbocycles. The molecule has 2 N–H and O–H groups in total. The van der Waals surface area contributed by atoms with Gasteiger partial charge < -0.3 is 10.4 Å². The van der Waals surface area contributed by atoms with E-state index in [0.717, 1.165) is 12.1 Å². The van der Waals surface area contributed by atoms with Crippen LogP contribution in [0.3, 0.4) is 0 Å². The van der Waals surface area contributed by atoms with Gasteiger partial charge in [-0.05, 0) is 18.1 Å². The minimum atomic E-state index is -1.19. The summed E-state index contributed by atoms with van der Waals surface area (Å²) in [7, 11) is 0. The van der Waals surface area contributed by atoms with Crippen molar-refractivity contribution in [1.82, 2.24) is 5.32 Å². The van der Waals surface area contributed by atoms with E-state index >= 15 is 0 Å². The van der Waals surface area contributed by atoms with Gasteiger partial charge in [0.25, 0.3) is 5.91 Å². The highest BCUT2D eigenvalue weighted by Crippen LogP contribution is 2.12. The van der Waals surface area contributed by atoms with Gasteiger partial charge in [0.2, 0.25) is 0 Å². The van der Waals surface area contributed by atoms with E-state index in [1.807, 2.05) is 0 Å². The number of carbonyl (C=O) groups excluding carboxylic acids is 1. The van der Waals surface area contributed by atoms with E-state index in [1.165, 1.54) is 0 Å². The highest BCUT2D eigenvalue weighted by Gasteiger charge is 2.26. The van der Waals surface area contributed by atoms with Crippen molar-refractivity contribution < 1.29 is 23.5 Å². The summed E-state index contributed by atoms with van der Waals surface area (Å²) in [4.78, 5) is 22.8. The molecular weight excluding hydrogens is 256 g/mol. The lowest BCUT2D eigenvalue weighted by Crippen LogP contribution is -2.45. The molecule has 0 unspecified atom stereocenters. The molecule has 104 valence electrons. The number of nitrogens with one attached hydrogen (secondary N) is 1. The number of carboxylic acids is 1. The molecule has 0 aliphatic heterocycles. The minimum Gasteiger partial charge on any atom is -0.480 e. The van der Waals surface area contributed by atoms with Gasteiger partial charge in [-0.2, -0.15) is 0 Å². The number of benzene rings is 1. The Balaban J connectivity index is 2.91. The van der Waals surface area contributed by atoms with E-state index in [-0.39, 0.29) is 11.5 Å². The molecule has 0 heterocycles. The molecule has 1 rings (SSSR count). The van der Waals surface area contributed by atoms with E-state index in [0.29, 0.717) is 12.5 Å². The predicted molar refractivity (Wildman–Crippen MR) is 64.7 cm³/mol. The van der Waals surface area contributed by atoms with Gasteiger partial charge in [-0.25, -0.2) is 13.6 Å². The monoisotopic (exact) mass is 271 g/mol. The molecule has 1 amide bonds. The predicted octanol–water partition coefficient (Wildman–Crippen LogP) is 2.19. The average molecular weight is 271 g/mol. The number of amides is 1. The zero-order valence-electron chi connectivity index (χ0n) is 10.6. The maximum atomic E-state index is 13.4. The fraction of sp³-hybridized carbons (Fsp3) is 0.385. The Labute approximate surface area is 109 Å². The maximum Gasteiger partial charge on any atom is 0.326 e. The summed E-state index contributed by atoms with van der Waals surface area (Å²) in [5, 5.41) is 11.3. The Hall–Kier alpha value is -1.98. The van der Waals surface area contributed by atoms with Crippen LogP contribution in [-0.4, -0.2) is 23.0 Å². The first-order chi connectivity index (χ1) is 8.86. The molecule has 1 aromatic rings. The van der Waals surface area contributed by atoms with Gasteiger partial charge in [0.05, 0.1) is 5.56 Å². The summed E-state index contributed by atoms with van der Waals surface area (Å²) in [5.41, 5.74) is -0.379. The van der Waals surface area contributed by atoms with Gasteiger partial charge in [0, 0.05) is 6.07 Å². The second-order valence-corrected chi connectivity index (χ2v) is 4.30. The highest BCUT2D eigenvalue weighted by molar-refractivity contribution is 5.96. The zero-order chi connectivity index (χ0) is 14.6. The smallest absolute Gasteiger partial charge is 0.326 e. The van der Waals surface area contributed by atoms with E-state index < -0.39 is 29.6 Å². The van der Waals surface area contributed by atoms with Crippen molar-refractivity contribution in [3.05, 3.63) is 35.4 Å². The molecule has 0 radical (unpaired) electrons. The topological polar surface area (TPSA) is 66.4 Å². The fourth-order valence-corrected chi connectivity index (χ4v) is 1.58. The summed E-state index contributed by atoms with van der Waals surface area (Å²) < 4.78 is 26.1. The first-order valence-corrected chi connectivity index (χ1v) is 5.85. The van der Waals surface area contributed by atoms with Crippen LogP contribution < -0.4 is 5.32 Å². The third kappa shape index (κ3) is 3.74. The summed E-state index contributed by atoms with van der Waals surface area (Å²) in [6.45, 7) is 3.45. The van der Waals surface area contributed by atoms with Crippen LogP contribution in [0.5, 0.6) is 0 Å². The molecule has 0 aliphatic rings. The summed E-state index contributed by atoms with van der Waals surface area (Å²) in [6.07, 6.45) is 0.545. The number of carbonyl (C=O) groups is 2. The van der Waals surface area contributed by atoms with Crippen LogP contribution in [0, 0.1) is 17.6 Å². The normalized spacial score (nSPS) is 13.7. The molecule has 0 spiro atoms. The fourth-order valence-electron chi connectivity index (χ4n) is 1.58. The number of aliphatic carboxylic acids is 1. The van der Waals surface area contributed by atoms with Gasteiger partial charge in [-0.3, -0.25) is 4.79 Å². The SMILES string of the molecule is CC[C@H](C)[C@H](NC(=O)c1ccc(F)cc1F)C(=O)O. The Morgan fingerprint density at radius 2 is 2.00 bits per heavy atom. The van der Waals surface area contributed by atoms with Crippen LogP contribution >= 0.6 is 0 Å². The van der Waals surface area contributed by atoms with E-state index in [2.05, 4.69) is 5.32 Å². The van der Waals surface area contributed by atoms with Gasteiger partial charge in [-0.1, -0.05) is 20.3 Å². The van der Waals surface area contributed by atoms with E-state index in [9.17, 15) is 18.4 Å². The van der Waals surface area contributed by atoms with Crippen LogP contribution in [0.4, 0.5) is 8.78 Å². The number of halogens is 2. The Morgan fingerprint density at radius 3 is 2.47 bits per heavy atom. The van der Waals surface area contributed by atoms with Gasteiger partial charge in [0.1, 0.15) is 17.7 Å². The third-order valence-corrected chi connectivity index (χ3v) is 2.94. The standard InChI is InChI=1S/C13H15F2NO3/c1-3-7(2)11(13(18)19)16-12(17)9-5-4-8(14)6-10(9)15/h4-7,11H,3H2,1-2H3,(H,16,17)(H,18,19)/t7-,11-/m0/s1. The van der Waals surface area contributed by atoms with Gasteiger partial charge in [0.15, 0.2) is 0 Å². The van der Waals surface area contributed by atoms with Crippen molar-refractivity contribution >= 4 is 11.9 Å². The Kier molecular flexibility index (Phi) is 4.97. The molecule has 19 heavy (non-hydrogen) atoms. The van der Waals surface area contributed by atoms with Crippen LogP contribution in [0.1, 0.15) is 30.6 Å². The van der Waals surface area contributed by atoms with Crippen molar-refractivity contribution in [3.8, 4) is 0 Å². The molecule has 0 bridgehead atoms. The largest absolute Gasteiger partial charge is 0.480 e. The van der Waals surface area contributed by atoms with Crippen molar-refractivity contribution in [2.45, 2.75) is 26.3 Å². The Morgan fingerprint density at radius 1 is 1.37 bits per heavy atom. The summed E-state index contributed by atoms with van der Waals surface area (Å²) in [6, 6.07) is 1.39. The van der Waals surface area contributed by atoms with Crippen LogP contribution in [0.2, 0.25) is 0 Å². The number of rotatable bonds is 5. The molecule has 0 aromatic heterocycles. The molecule has 1 aromatic carbocycles. The van der Waals surface area contributed by atoms with Gasteiger partial charge >= 0.3 is 5.97 Å². The third-order valence-electron chi connectivity index (χ3n) is 2.94. The first kappa shape index (κ1) is 15.1. The zero-order valence-corrected chi connectivity index (χ0v) is 10.6. The van der Waals surface area contributed by atoms with E-state index in [1.54, 1.807) is 13.8 Å². The van der Waals surface area contributed by atoms with Crippen molar-refractivity contribution in [2.24, 2.45) is 5.92 Å². The van der Waals surface area contributed by atoms with Crippen molar-refractivity contribution in [3.63, 3.8) is 0 Å². The van der Waals surface area contributed by atoms with E-state index in [4.69, 9.17) is 5.11 Å². The molecule has 0 saturated heterocycles. The maximum absolute atomic E-state index is 13.4. The molecule has 0 aliphatic carbocycles. The highest BCUT2D eigenvalue weighted by atomic mass is 19.1. The van der Waals surface area contributed by atoms with Crippen LogP contribution in [0.25, 0.3) is 0 Å². The lowest BCUT2D eigenvalue weighted by atomic mass is 9.99. The summed E-state index contributed by atoms with van der Waals surface area (Å²) >= 11 is 0. The van der Waals surface area contributed by atoms with Crippen molar-refractivity contribution in [1.29, 1.82) is 0 Å². The molecule has 0 fully saturated rings. The van der Waals surface area contributed by atoms with Gasteiger partial charge in [-0.15, -0.1) is 0 Å². The summed E-state index contributed by atoms with van der Waals surface area (Å²) in [5.74, 6) is -4.18. The second kappa shape index (κ2) is 6.26. The lowest BCUT2D eigenvalue weighted by molar-refractivity contribution is -0.140.